The lowest BCUT2D eigenvalue weighted by molar-refractivity contribution is -0.141. The van der Waals surface area contributed by atoms with Gasteiger partial charge < -0.3 is 14.8 Å². The summed E-state index contributed by atoms with van der Waals surface area (Å²) in [6, 6.07) is 13.8. The fraction of sp³-hybridized carbons (Fsp3) is 0.222. The van der Waals surface area contributed by atoms with Gasteiger partial charge in [0.1, 0.15) is 5.75 Å². The van der Waals surface area contributed by atoms with Crippen molar-refractivity contribution < 1.29 is 19.1 Å². The number of rotatable bonds is 6. The van der Waals surface area contributed by atoms with Crippen LogP contribution in [-0.4, -0.2) is 26.1 Å². The second-order valence-electron chi connectivity index (χ2n) is 5.06. The quantitative estimate of drug-likeness (QED) is 0.765. The number of hydrogen-bond donors (Lipinski definition) is 1. The average Bonchev–Trinajstić information content (AvgIpc) is 2.61. The van der Waals surface area contributed by atoms with Gasteiger partial charge in [-0.1, -0.05) is 24.3 Å². The molecule has 1 amide bonds. The van der Waals surface area contributed by atoms with E-state index >= 15 is 0 Å². The molecule has 0 saturated carbocycles. The minimum atomic E-state index is -0.497. The van der Waals surface area contributed by atoms with E-state index in [4.69, 9.17) is 9.47 Å². The van der Waals surface area contributed by atoms with Gasteiger partial charge in [0.15, 0.2) is 0 Å². The topological polar surface area (TPSA) is 64.6 Å². The molecule has 0 aliphatic rings. The van der Waals surface area contributed by atoms with E-state index in [-0.39, 0.29) is 12.3 Å². The Bertz CT molecular complexity index is 715. The summed E-state index contributed by atoms with van der Waals surface area (Å²) in [7, 11) is 2.90. The maximum atomic E-state index is 12.5. The first-order valence-corrected chi connectivity index (χ1v) is 8.10. The number of carbonyl (C=O) groups excluding carboxylic acids is 2. The first-order valence-electron chi connectivity index (χ1n) is 7.31. The second kappa shape index (κ2) is 8.49. The Labute approximate surface area is 149 Å². The maximum Gasteiger partial charge on any atom is 0.307 e. The molecule has 0 fully saturated rings. The molecule has 0 spiro atoms. The van der Waals surface area contributed by atoms with E-state index in [1.807, 2.05) is 18.2 Å². The van der Waals surface area contributed by atoms with Gasteiger partial charge >= 0.3 is 5.97 Å². The van der Waals surface area contributed by atoms with E-state index in [0.717, 1.165) is 5.56 Å². The number of hydrogen-bond acceptors (Lipinski definition) is 4. The van der Waals surface area contributed by atoms with Gasteiger partial charge in [-0.05, 0) is 45.8 Å². The third kappa shape index (κ3) is 4.58. The van der Waals surface area contributed by atoms with Crippen LogP contribution in [0.5, 0.6) is 5.75 Å². The Kier molecular flexibility index (Phi) is 6.37. The van der Waals surface area contributed by atoms with Crippen molar-refractivity contribution in [2.45, 2.75) is 12.5 Å². The average molecular weight is 392 g/mol. The van der Waals surface area contributed by atoms with Gasteiger partial charge in [-0.3, -0.25) is 9.59 Å². The summed E-state index contributed by atoms with van der Waals surface area (Å²) < 4.78 is 10.6. The van der Waals surface area contributed by atoms with Crippen LogP contribution in [-0.2, 0) is 9.53 Å². The zero-order valence-electron chi connectivity index (χ0n) is 13.4. The minimum Gasteiger partial charge on any atom is -0.497 e. The Morgan fingerprint density at radius 1 is 1.08 bits per heavy atom. The number of nitrogens with one attached hydrogen (secondary N) is 1. The van der Waals surface area contributed by atoms with Gasteiger partial charge in [0.05, 0.1) is 32.2 Å². The molecule has 0 aliphatic carbocycles. The van der Waals surface area contributed by atoms with Gasteiger partial charge in [-0.2, -0.15) is 0 Å². The first kappa shape index (κ1) is 18.0. The molecule has 6 heteroatoms. The number of methoxy groups -OCH3 is 2. The number of amides is 1. The summed E-state index contributed by atoms with van der Waals surface area (Å²) in [6.07, 6.45) is 0.0407. The third-order valence-electron chi connectivity index (χ3n) is 3.54. The van der Waals surface area contributed by atoms with Crippen molar-refractivity contribution in [1.29, 1.82) is 0 Å². The monoisotopic (exact) mass is 391 g/mol. The van der Waals surface area contributed by atoms with Crippen LogP contribution in [0.1, 0.15) is 28.4 Å². The molecule has 0 bridgehead atoms. The predicted molar refractivity (Wildman–Crippen MR) is 94.0 cm³/mol. The summed E-state index contributed by atoms with van der Waals surface area (Å²) in [5.41, 5.74) is 1.29. The highest BCUT2D eigenvalue weighted by atomic mass is 79.9. The standard InChI is InChI=1S/C18H18BrNO4/c1-23-13-9-7-12(8-10-13)16(11-17(21)24-2)20-18(22)14-5-3-4-6-15(14)19/h3-10,16H,11H2,1-2H3,(H,20,22). The number of esters is 1. The first-order chi connectivity index (χ1) is 11.5. The molecule has 24 heavy (non-hydrogen) atoms. The largest absolute Gasteiger partial charge is 0.497 e. The highest BCUT2D eigenvalue weighted by Crippen LogP contribution is 2.23. The van der Waals surface area contributed by atoms with Crippen molar-refractivity contribution in [3.8, 4) is 5.75 Å². The SMILES string of the molecule is COC(=O)CC(NC(=O)c1ccccc1Br)c1ccc(OC)cc1. The molecule has 0 saturated heterocycles. The van der Waals surface area contributed by atoms with Crippen LogP contribution in [0.3, 0.4) is 0 Å². The molecule has 0 heterocycles. The molecular formula is C18H18BrNO4. The highest BCUT2D eigenvalue weighted by Gasteiger charge is 2.20. The Morgan fingerprint density at radius 3 is 2.33 bits per heavy atom. The molecule has 0 radical (unpaired) electrons. The maximum absolute atomic E-state index is 12.5. The van der Waals surface area contributed by atoms with Gasteiger partial charge in [-0.25, -0.2) is 0 Å². The summed E-state index contributed by atoms with van der Waals surface area (Å²) in [6.45, 7) is 0. The van der Waals surface area contributed by atoms with Gasteiger partial charge in [-0.15, -0.1) is 0 Å². The Hall–Kier alpha value is -2.34. The van der Waals surface area contributed by atoms with Crippen LogP contribution >= 0.6 is 15.9 Å². The minimum absolute atomic E-state index is 0.0407. The Balaban J connectivity index is 2.23. The van der Waals surface area contributed by atoms with Gasteiger partial charge in [0, 0.05) is 4.47 Å². The van der Waals surface area contributed by atoms with Crippen molar-refractivity contribution in [3.63, 3.8) is 0 Å². The van der Waals surface area contributed by atoms with Crippen LogP contribution < -0.4 is 10.1 Å². The summed E-state index contributed by atoms with van der Waals surface area (Å²) >= 11 is 3.36. The number of ether oxygens (including phenoxy) is 2. The molecule has 2 rings (SSSR count). The molecule has 126 valence electrons. The van der Waals surface area contributed by atoms with Crippen LogP contribution in [0.25, 0.3) is 0 Å². The van der Waals surface area contributed by atoms with Crippen LogP contribution in [0.2, 0.25) is 0 Å². The van der Waals surface area contributed by atoms with Crippen molar-refractivity contribution in [1.82, 2.24) is 5.32 Å². The predicted octanol–water partition coefficient (Wildman–Crippen LogP) is 3.49. The van der Waals surface area contributed by atoms with Crippen molar-refractivity contribution >= 4 is 27.8 Å². The lowest BCUT2D eigenvalue weighted by Crippen LogP contribution is -2.30. The lowest BCUT2D eigenvalue weighted by Gasteiger charge is -2.19. The zero-order chi connectivity index (χ0) is 17.5. The van der Waals surface area contributed by atoms with Crippen molar-refractivity contribution in [3.05, 3.63) is 64.1 Å². The van der Waals surface area contributed by atoms with Crippen molar-refractivity contribution in [2.24, 2.45) is 0 Å². The summed E-state index contributed by atoms with van der Waals surface area (Å²) in [4.78, 5) is 24.2. The second-order valence-corrected chi connectivity index (χ2v) is 5.91. The molecular weight excluding hydrogens is 374 g/mol. The van der Waals surface area contributed by atoms with E-state index in [0.29, 0.717) is 15.8 Å². The smallest absolute Gasteiger partial charge is 0.307 e. The normalized spacial score (nSPS) is 11.5. The van der Waals surface area contributed by atoms with E-state index in [1.54, 1.807) is 37.4 Å². The Morgan fingerprint density at radius 2 is 1.75 bits per heavy atom. The lowest BCUT2D eigenvalue weighted by atomic mass is 10.0. The molecule has 1 atom stereocenters. The van der Waals surface area contributed by atoms with E-state index in [9.17, 15) is 9.59 Å². The molecule has 0 aliphatic heterocycles. The van der Waals surface area contributed by atoms with Crippen LogP contribution in [0.15, 0.2) is 53.0 Å². The fourth-order valence-electron chi connectivity index (χ4n) is 2.22. The van der Waals surface area contributed by atoms with Crippen molar-refractivity contribution in [2.75, 3.05) is 14.2 Å². The van der Waals surface area contributed by atoms with E-state index in [2.05, 4.69) is 21.2 Å². The van der Waals surface area contributed by atoms with E-state index in [1.165, 1.54) is 7.11 Å². The van der Waals surface area contributed by atoms with Crippen LogP contribution in [0, 0.1) is 0 Å². The molecule has 5 nitrogen and oxygen atoms in total. The number of halogens is 1. The third-order valence-corrected chi connectivity index (χ3v) is 4.23. The number of benzene rings is 2. The van der Waals surface area contributed by atoms with Crippen LogP contribution in [0.4, 0.5) is 0 Å². The summed E-state index contributed by atoms with van der Waals surface area (Å²) in [5.74, 6) is 0.0307. The fourth-order valence-corrected chi connectivity index (χ4v) is 2.68. The molecule has 1 unspecified atom stereocenters. The number of carbonyl (C=O) groups is 2. The zero-order valence-corrected chi connectivity index (χ0v) is 15.0. The molecule has 1 N–H and O–H groups in total. The van der Waals surface area contributed by atoms with Gasteiger partial charge in [0.25, 0.3) is 5.91 Å². The summed E-state index contributed by atoms with van der Waals surface area (Å²) in [5, 5.41) is 2.88. The highest BCUT2D eigenvalue weighted by molar-refractivity contribution is 9.10. The van der Waals surface area contributed by atoms with E-state index < -0.39 is 12.0 Å². The molecule has 0 aromatic heterocycles. The molecule has 2 aromatic rings. The van der Waals surface area contributed by atoms with Gasteiger partial charge in [0.2, 0.25) is 0 Å². The molecule has 2 aromatic carbocycles.